The molecule has 0 spiro atoms. The Bertz CT molecular complexity index is 637. The standard InChI is InChI=1S/C20H26N2O2/c1-24-19-10-6-5-9-18(19)21-16-20(23)11-13-22(14-12-20)15-17-7-3-2-4-8-17/h2-10,21,23H,11-16H2,1H3. The smallest absolute Gasteiger partial charge is 0.141 e. The second kappa shape index (κ2) is 7.69. The van der Waals surface area contributed by atoms with E-state index in [0.717, 1.165) is 43.9 Å². The number of anilines is 1. The van der Waals surface area contributed by atoms with Gasteiger partial charge >= 0.3 is 0 Å². The fourth-order valence-corrected chi connectivity index (χ4v) is 3.20. The Kier molecular flexibility index (Phi) is 5.38. The van der Waals surface area contributed by atoms with E-state index in [1.807, 2.05) is 30.3 Å². The summed E-state index contributed by atoms with van der Waals surface area (Å²) in [5.74, 6) is 0.808. The fraction of sp³-hybridized carbons (Fsp3) is 0.400. The highest BCUT2D eigenvalue weighted by atomic mass is 16.5. The summed E-state index contributed by atoms with van der Waals surface area (Å²) in [6.45, 7) is 3.33. The molecule has 2 N–H and O–H groups in total. The monoisotopic (exact) mass is 326 g/mol. The van der Waals surface area contributed by atoms with Crippen molar-refractivity contribution in [3.8, 4) is 5.75 Å². The molecule has 4 heteroatoms. The SMILES string of the molecule is COc1ccccc1NCC1(O)CCN(Cc2ccccc2)CC1. The molecule has 3 rings (SSSR count). The van der Waals surface area contributed by atoms with Gasteiger partial charge in [-0.3, -0.25) is 4.90 Å². The van der Waals surface area contributed by atoms with Gasteiger partial charge in [0.05, 0.1) is 18.4 Å². The van der Waals surface area contributed by atoms with Gasteiger partial charge in [-0.05, 0) is 30.5 Å². The summed E-state index contributed by atoms with van der Waals surface area (Å²) in [7, 11) is 1.66. The number of hydrogen-bond donors (Lipinski definition) is 2. The van der Waals surface area contributed by atoms with Crippen molar-refractivity contribution in [1.82, 2.24) is 4.90 Å². The van der Waals surface area contributed by atoms with Crippen LogP contribution in [0.3, 0.4) is 0 Å². The molecular formula is C20H26N2O2. The van der Waals surface area contributed by atoms with Crippen LogP contribution in [0.1, 0.15) is 18.4 Å². The molecule has 1 saturated heterocycles. The van der Waals surface area contributed by atoms with Gasteiger partial charge in [0.1, 0.15) is 5.75 Å². The number of likely N-dealkylation sites (tertiary alicyclic amines) is 1. The third kappa shape index (κ3) is 4.28. The first kappa shape index (κ1) is 16.8. The van der Waals surface area contributed by atoms with Crippen LogP contribution in [-0.4, -0.2) is 42.4 Å². The number of rotatable bonds is 6. The van der Waals surface area contributed by atoms with Gasteiger partial charge in [0, 0.05) is 26.2 Å². The first-order chi connectivity index (χ1) is 11.7. The first-order valence-corrected chi connectivity index (χ1v) is 8.54. The van der Waals surface area contributed by atoms with Gasteiger partial charge in [0.15, 0.2) is 0 Å². The van der Waals surface area contributed by atoms with E-state index in [9.17, 15) is 5.11 Å². The van der Waals surface area contributed by atoms with Crippen LogP contribution in [0, 0.1) is 0 Å². The van der Waals surface area contributed by atoms with Crippen LogP contribution >= 0.6 is 0 Å². The van der Waals surface area contributed by atoms with Gasteiger partial charge in [-0.15, -0.1) is 0 Å². The Morgan fingerprint density at radius 1 is 1.04 bits per heavy atom. The average molecular weight is 326 g/mol. The summed E-state index contributed by atoms with van der Waals surface area (Å²) in [5, 5.41) is 14.2. The van der Waals surface area contributed by atoms with Crippen molar-refractivity contribution < 1.29 is 9.84 Å². The van der Waals surface area contributed by atoms with Crippen molar-refractivity contribution in [2.24, 2.45) is 0 Å². The molecule has 0 unspecified atom stereocenters. The third-order valence-corrected chi connectivity index (χ3v) is 4.75. The number of methoxy groups -OCH3 is 1. The minimum atomic E-state index is -0.659. The summed E-state index contributed by atoms with van der Waals surface area (Å²) in [6.07, 6.45) is 1.56. The Hall–Kier alpha value is -2.04. The molecular weight excluding hydrogens is 300 g/mol. The lowest BCUT2D eigenvalue weighted by Gasteiger charge is -2.38. The molecule has 0 aromatic heterocycles. The van der Waals surface area contributed by atoms with E-state index in [2.05, 4.69) is 34.5 Å². The second-order valence-electron chi connectivity index (χ2n) is 6.54. The Morgan fingerprint density at radius 3 is 2.42 bits per heavy atom. The minimum absolute atomic E-state index is 0.548. The molecule has 1 aliphatic rings. The van der Waals surface area contributed by atoms with E-state index in [4.69, 9.17) is 4.74 Å². The number of nitrogens with zero attached hydrogens (tertiary/aromatic N) is 1. The number of aliphatic hydroxyl groups is 1. The van der Waals surface area contributed by atoms with Gasteiger partial charge in [0.25, 0.3) is 0 Å². The Labute approximate surface area is 144 Å². The van der Waals surface area contributed by atoms with Crippen molar-refractivity contribution in [2.75, 3.05) is 32.1 Å². The van der Waals surface area contributed by atoms with Crippen LogP contribution in [0.2, 0.25) is 0 Å². The van der Waals surface area contributed by atoms with E-state index >= 15 is 0 Å². The molecule has 2 aromatic rings. The zero-order valence-electron chi connectivity index (χ0n) is 14.2. The van der Waals surface area contributed by atoms with Crippen LogP contribution in [0.4, 0.5) is 5.69 Å². The predicted octanol–water partition coefficient (Wildman–Crippen LogP) is 3.13. The van der Waals surface area contributed by atoms with Crippen molar-refractivity contribution >= 4 is 5.69 Å². The van der Waals surface area contributed by atoms with Crippen molar-refractivity contribution in [3.05, 3.63) is 60.2 Å². The second-order valence-corrected chi connectivity index (χ2v) is 6.54. The predicted molar refractivity (Wildman–Crippen MR) is 97.4 cm³/mol. The van der Waals surface area contributed by atoms with E-state index in [1.54, 1.807) is 7.11 Å². The molecule has 4 nitrogen and oxygen atoms in total. The molecule has 1 fully saturated rings. The minimum Gasteiger partial charge on any atom is -0.495 e. The quantitative estimate of drug-likeness (QED) is 0.856. The lowest BCUT2D eigenvalue weighted by molar-refractivity contribution is -0.0120. The lowest BCUT2D eigenvalue weighted by Crippen LogP contribution is -2.48. The fourth-order valence-electron chi connectivity index (χ4n) is 3.20. The number of benzene rings is 2. The highest BCUT2D eigenvalue weighted by molar-refractivity contribution is 5.56. The largest absolute Gasteiger partial charge is 0.495 e. The maximum atomic E-state index is 10.9. The number of nitrogens with one attached hydrogen (secondary N) is 1. The zero-order chi connectivity index (χ0) is 16.8. The summed E-state index contributed by atoms with van der Waals surface area (Å²) < 4.78 is 5.35. The van der Waals surface area contributed by atoms with E-state index in [-0.39, 0.29) is 0 Å². The number of piperidine rings is 1. The molecule has 1 heterocycles. The molecule has 2 aromatic carbocycles. The zero-order valence-corrected chi connectivity index (χ0v) is 14.2. The summed E-state index contributed by atoms with van der Waals surface area (Å²) in [4.78, 5) is 2.41. The highest BCUT2D eigenvalue weighted by Gasteiger charge is 2.32. The van der Waals surface area contributed by atoms with E-state index in [0.29, 0.717) is 6.54 Å². The number of ether oxygens (including phenoxy) is 1. The van der Waals surface area contributed by atoms with Gasteiger partial charge in [-0.25, -0.2) is 0 Å². The van der Waals surface area contributed by atoms with Crippen molar-refractivity contribution in [1.29, 1.82) is 0 Å². The average Bonchev–Trinajstić information content (AvgIpc) is 2.63. The summed E-state index contributed by atoms with van der Waals surface area (Å²) >= 11 is 0. The maximum Gasteiger partial charge on any atom is 0.141 e. The van der Waals surface area contributed by atoms with Crippen LogP contribution in [0.15, 0.2) is 54.6 Å². The molecule has 0 atom stereocenters. The molecule has 24 heavy (non-hydrogen) atoms. The van der Waals surface area contributed by atoms with Gasteiger partial charge < -0.3 is 15.2 Å². The molecule has 1 aliphatic heterocycles. The molecule has 0 bridgehead atoms. The molecule has 128 valence electrons. The van der Waals surface area contributed by atoms with Gasteiger partial charge in [0.2, 0.25) is 0 Å². The van der Waals surface area contributed by atoms with Crippen LogP contribution in [0.5, 0.6) is 5.75 Å². The molecule has 0 aliphatic carbocycles. The highest BCUT2D eigenvalue weighted by Crippen LogP contribution is 2.27. The number of hydrogen-bond acceptors (Lipinski definition) is 4. The maximum absolute atomic E-state index is 10.9. The van der Waals surface area contributed by atoms with E-state index in [1.165, 1.54) is 5.56 Å². The van der Waals surface area contributed by atoms with E-state index < -0.39 is 5.60 Å². The Morgan fingerprint density at radius 2 is 1.71 bits per heavy atom. The van der Waals surface area contributed by atoms with Crippen molar-refractivity contribution in [3.63, 3.8) is 0 Å². The number of para-hydroxylation sites is 2. The molecule has 0 saturated carbocycles. The van der Waals surface area contributed by atoms with Crippen molar-refractivity contribution in [2.45, 2.75) is 25.0 Å². The normalized spacial score (nSPS) is 17.4. The Balaban J connectivity index is 1.51. The van der Waals surface area contributed by atoms with Crippen LogP contribution < -0.4 is 10.1 Å². The lowest BCUT2D eigenvalue weighted by atomic mass is 9.91. The molecule has 0 amide bonds. The van der Waals surface area contributed by atoms with Gasteiger partial charge in [-0.2, -0.15) is 0 Å². The first-order valence-electron chi connectivity index (χ1n) is 8.54. The topological polar surface area (TPSA) is 44.7 Å². The third-order valence-electron chi connectivity index (χ3n) is 4.75. The van der Waals surface area contributed by atoms with Crippen LogP contribution in [-0.2, 0) is 6.54 Å². The molecule has 0 radical (unpaired) electrons. The van der Waals surface area contributed by atoms with Gasteiger partial charge in [-0.1, -0.05) is 42.5 Å². The summed E-state index contributed by atoms with van der Waals surface area (Å²) in [6, 6.07) is 18.3. The summed E-state index contributed by atoms with van der Waals surface area (Å²) in [5.41, 5.74) is 1.60. The van der Waals surface area contributed by atoms with Crippen LogP contribution in [0.25, 0.3) is 0 Å².